The fourth-order valence-corrected chi connectivity index (χ4v) is 2.38. The molecule has 0 saturated carbocycles. The predicted molar refractivity (Wildman–Crippen MR) is 90.5 cm³/mol. The number of hydrogen-bond donors (Lipinski definition) is 0. The third-order valence-corrected chi connectivity index (χ3v) is 3.88. The molecule has 2 saturated heterocycles. The summed E-state index contributed by atoms with van der Waals surface area (Å²) in [7, 11) is 0. The zero-order chi connectivity index (χ0) is 16.2. The Kier molecular flexibility index (Phi) is 5.03. The quantitative estimate of drug-likeness (QED) is 0.762. The van der Waals surface area contributed by atoms with Gasteiger partial charge in [-0.2, -0.15) is 0 Å². The molecule has 2 unspecified atom stereocenters. The first kappa shape index (κ1) is 16.1. The molecule has 4 nitrogen and oxygen atoms in total. The number of aryl methyl sites for hydroxylation is 1. The van der Waals surface area contributed by atoms with Gasteiger partial charge in [-0.15, -0.1) is 0 Å². The molecule has 2 aliphatic heterocycles. The Hall–Kier alpha value is -1.78. The average Bonchev–Trinajstić information content (AvgIpc) is 3.49. The molecule has 124 valence electrons. The maximum Gasteiger partial charge on any atom is 0.122 e. The first-order valence-electron chi connectivity index (χ1n) is 8.32. The molecular weight excluding hydrogens is 292 g/mol. The molecule has 2 aliphatic rings. The fourth-order valence-electron chi connectivity index (χ4n) is 2.38. The lowest BCUT2D eigenvalue weighted by Gasteiger charge is -2.12. The lowest BCUT2D eigenvalue weighted by molar-refractivity contribution is 0.261. The summed E-state index contributed by atoms with van der Waals surface area (Å²) in [6, 6.07) is 10.3. The number of rotatable bonds is 6. The number of ether oxygens (including phenoxy) is 4. The van der Waals surface area contributed by atoms with E-state index in [2.05, 4.69) is 25.1 Å². The standard InChI is InChI=1S/C17H18O4.C2H6/c1-11-16-6-13(18-7-14-8-19-14)4-2-12(16)3-5-17(11)21-10-15-9-20-15;1-2/h2-6,14-15H,7-10H2,1H3;1-2H3. The molecule has 0 radical (unpaired) electrons. The smallest absolute Gasteiger partial charge is 0.122 e. The van der Waals surface area contributed by atoms with E-state index < -0.39 is 0 Å². The minimum Gasteiger partial charge on any atom is -0.491 e. The lowest BCUT2D eigenvalue weighted by atomic mass is 10.0. The molecule has 0 amide bonds. The van der Waals surface area contributed by atoms with Gasteiger partial charge >= 0.3 is 0 Å². The Morgan fingerprint density at radius 1 is 0.957 bits per heavy atom. The maximum absolute atomic E-state index is 5.83. The first-order chi connectivity index (χ1) is 11.3. The van der Waals surface area contributed by atoms with Crippen molar-refractivity contribution in [3.63, 3.8) is 0 Å². The summed E-state index contributed by atoms with van der Waals surface area (Å²) < 4.78 is 21.9. The van der Waals surface area contributed by atoms with Crippen LogP contribution in [0.15, 0.2) is 30.3 Å². The topological polar surface area (TPSA) is 43.5 Å². The molecule has 2 aromatic carbocycles. The molecule has 2 fully saturated rings. The summed E-state index contributed by atoms with van der Waals surface area (Å²) in [6.45, 7) is 8.96. The molecule has 2 atom stereocenters. The van der Waals surface area contributed by atoms with E-state index in [0.29, 0.717) is 13.2 Å². The Balaban J connectivity index is 0.000000753. The van der Waals surface area contributed by atoms with E-state index in [0.717, 1.165) is 30.3 Å². The van der Waals surface area contributed by atoms with Gasteiger partial charge in [-0.3, -0.25) is 0 Å². The van der Waals surface area contributed by atoms with Crippen LogP contribution in [0, 0.1) is 6.92 Å². The molecule has 2 heterocycles. The highest BCUT2D eigenvalue weighted by atomic mass is 16.6. The van der Waals surface area contributed by atoms with Gasteiger partial charge in [0.25, 0.3) is 0 Å². The SMILES string of the molecule is CC.Cc1c(OCC2CO2)ccc2ccc(OCC3CO3)cc12. The van der Waals surface area contributed by atoms with Gasteiger partial charge < -0.3 is 18.9 Å². The van der Waals surface area contributed by atoms with E-state index >= 15 is 0 Å². The van der Waals surface area contributed by atoms with Gasteiger partial charge in [0.15, 0.2) is 0 Å². The van der Waals surface area contributed by atoms with Crippen LogP contribution in [-0.4, -0.2) is 38.6 Å². The van der Waals surface area contributed by atoms with Gasteiger partial charge in [0.05, 0.1) is 13.2 Å². The number of fused-ring (bicyclic) bond motifs is 1. The zero-order valence-corrected chi connectivity index (χ0v) is 14.0. The molecule has 4 rings (SSSR count). The average molecular weight is 316 g/mol. The molecule has 0 aliphatic carbocycles. The second-order valence-corrected chi connectivity index (χ2v) is 5.60. The van der Waals surface area contributed by atoms with Crippen LogP contribution >= 0.6 is 0 Å². The van der Waals surface area contributed by atoms with E-state index in [9.17, 15) is 0 Å². The monoisotopic (exact) mass is 316 g/mol. The maximum atomic E-state index is 5.83. The van der Waals surface area contributed by atoms with Gasteiger partial charge in [-0.1, -0.05) is 26.0 Å². The van der Waals surface area contributed by atoms with Crippen LogP contribution in [0.5, 0.6) is 11.5 Å². The number of epoxide rings is 2. The van der Waals surface area contributed by atoms with Crippen LogP contribution in [0.4, 0.5) is 0 Å². The van der Waals surface area contributed by atoms with E-state index in [4.69, 9.17) is 18.9 Å². The molecule has 23 heavy (non-hydrogen) atoms. The van der Waals surface area contributed by atoms with Crippen LogP contribution in [0.25, 0.3) is 10.8 Å². The van der Waals surface area contributed by atoms with Crippen molar-refractivity contribution < 1.29 is 18.9 Å². The highest BCUT2D eigenvalue weighted by Gasteiger charge is 2.24. The van der Waals surface area contributed by atoms with Crippen molar-refractivity contribution in [2.75, 3.05) is 26.4 Å². The van der Waals surface area contributed by atoms with Crippen LogP contribution in [0.2, 0.25) is 0 Å². The normalized spacial score (nSPS) is 21.3. The van der Waals surface area contributed by atoms with Crippen molar-refractivity contribution >= 4 is 10.8 Å². The van der Waals surface area contributed by atoms with Crippen molar-refractivity contribution in [1.82, 2.24) is 0 Å². The molecule has 0 aromatic heterocycles. The number of hydrogen-bond acceptors (Lipinski definition) is 4. The third-order valence-electron chi connectivity index (χ3n) is 3.88. The summed E-state index contributed by atoms with van der Waals surface area (Å²) in [5, 5.41) is 2.36. The van der Waals surface area contributed by atoms with Crippen molar-refractivity contribution in [2.45, 2.75) is 33.0 Å². The van der Waals surface area contributed by atoms with E-state index in [1.54, 1.807) is 0 Å². The Morgan fingerprint density at radius 3 is 2.22 bits per heavy atom. The Morgan fingerprint density at radius 2 is 1.57 bits per heavy atom. The Bertz CT molecular complexity index is 654. The minimum atomic E-state index is 0.272. The summed E-state index contributed by atoms with van der Waals surface area (Å²) in [4.78, 5) is 0. The molecule has 4 heteroatoms. The molecular formula is C19H24O4. The highest BCUT2D eigenvalue weighted by Crippen LogP contribution is 2.31. The molecule has 0 N–H and O–H groups in total. The second kappa shape index (κ2) is 7.20. The van der Waals surface area contributed by atoms with Crippen LogP contribution in [0.3, 0.4) is 0 Å². The second-order valence-electron chi connectivity index (χ2n) is 5.60. The van der Waals surface area contributed by atoms with E-state index in [-0.39, 0.29) is 12.2 Å². The summed E-state index contributed by atoms with van der Waals surface area (Å²) in [5.41, 5.74) is 1.14. The van der Waals surface area contributed by atoms with Gasteiger partial charge in [0.2, 0.25) is 0 Å². The van der Waals surface area contributed by atoms with Crippen LogP contribution < -0.4 is 9.47 Å². The Labute approximate surface area is 137 Å². The lowest BCUT2D eigenvalue weighted by Crippen LogP contribution is -2.05. The van der Waals surface area contributed by atoms with E-state index in [1.165, 1.54) is 10.8 Å². The highest BCUT2D eigenvalue weighted by molar-refractivity contribution is 5.88. The zero-order valence-electron chi connectivity index (χ0n) is 14.0. The summed E-state index contributed by atoms with van der Waals surface area (Å²) in [5.74, 6) is 1.80. The van der Waals surface area contributed by atoms with Gasteiger partial charge in [-0.25, -0.2) is 0 Å². The van der Waals surface area contributed by atoms with Crippen molar-refractivity contribution in [2.24, 2.45) is 0 Å². The summed E-state index contributed by atoms with van der Waals surface area (Å²) in [6.07, 6.45) is 0.545. The van der Waals surface area contributed by atoms with Gasteiger partial charge in [-0.05, 0) is 41.5 Å². The van der Waals surface area contributed by atoms with E-state index in [1.807, 2.05) is 26.0 Å². The van der Waals surface area contributed by atoms with Crippen LogP contribution in [0.1, 0.15) is 19.4 Å². The largest absolute Gasteiger partial charge is 0.491 e. The van der Waals surface area contributed by atoms with Gasteiger partial charge in [0.1, 0.15) is 36.9 Å². The van der Waals surface area contributed by atoms with Gasteiger partial charge in [0, 0.05) is 0 Å². The minimum absolute atomic E-state index is 0.272. The molecule has 0 bridgehead atoms. The molecule has 2 aromatic rings. The van der Waals surface area contributed by atoms with Crippen molar-refractivity contribution in [1.29, 1.82) is 0 Å². The molecule has 0 spiro atoms. The van der Waals surface area contributed by atoms with Crippen molar-refractivity contribution in [3.05, 3.63) is 35.9 Å². The third kappa shape index (κ3) is 4.15. The summed E-state index contributed by atoms with van der Waals surface area (Å²) >= 11 is 0. The van der Waals surface area contributed by atoms with Crippen LogP contribution in [-0.2, 0) is 9.47 Å². The fraction of sp³-hybridized carbons (Fsp3) is 0.474. The van der Waals surface area contributed by atoms with Crippen molar-refractivity contribution in [3.8, 4) is 11.5 Å². The first-order valence-corrected chi connectivity index (χ1v) is 8.32. The number of benzene rings is 2. The predicted octanol–water partition coefficient (Wildman–Crippen LogP) is 3.73.